The van der Waals surface area contributed by atoms with Gasteiger partial charge in [0.15, 0.2) is 0 Å². The number of allylic oxidation sites excluding steroid dienone is 4. The Kier molecular flexibility index (Phi) is 5.53. The van der Waals surface area contributed by atoms with E-state index in [4.69, 9.17) is 36.7 Å². The number of thiocarbonyl (C=S) groups is 3. The highest BCUT2D eigenvalue weighted by atomic mass is 32.1. The second-order valence-electron chi connectivity index (χ2n) is 8.06. The average molecular weight is 389 g/mol. The van der Waals surface area contributed by atoms with Gasteiger partial charge in [0.05, 0.1) is 5.57 Å². The molecule has 0 aromatic rings. The Bertz CT molecular complexity index is 721. The van der Waals surface area contributed by atoms with E-state index in [1.165, 1.54) is 18.5 Å². The highest BCUT2D eigenvalue weighted by Crippen LogP contribution is 2.43. The molecule has 1 saturated heterocycles. The molecule has 25 heavy (non-hydrogen) atoms. The van der Waals surface area contributed by atoms with E-state index in [0.717, 1.165) is 63.7 Å². The van der Waals surface area contributed by atoms with Crippen LogP contribution in [-0.4, -0.2) is 32.6 Å². The van der Waals surface area contributed by atoms with E-state index in [1.807, 2.05) is 0 Å². The molecule has 5 heteroatoms. The summed E-state index contributed by atoms with van der Waals surface area (Å²) in [7, 11) is 0. The standard InChI is InChI=1S/C20H24N2S3/c1-20(2)6-5-16(22-7-3-4-8-22)15(12-21)14(11-20)19-17(24)9-13(23)10-18(19)25/h3-11H2,1-2H3. The van der Waals surface area contributed by atoms with Crippen molar-refractivity contribution in [2.45, 2.75) is 58.8 Å². The van der Waals surface area contributed by atoms with E-state index in [2.05, 4.69) is 24.8 Å². The van der Waals surface area contributed by atoms with Crippen molar-refractivity contribution in [2.75, 3.05) is 13.1 Å². The molecule has 2 aliphatic carbocycles. The summed E-state index contributed by atoms with van der Waals surface area (Å²) in [6, 6.07) is 2.54. The summed E-state index contributed by atoms with van der Waals surface area (Å²) in [5.41, 5.74) is 4.26. The van der Waals surface area contributed by atoms with Gasteiger partial charge >= 0.3 is 0 Å². The fraction of sp³-hybridized carbons (Fsp3) is 0.600. The zero-order chi connectivity index (χ0) is 18.2. The van der Waals surface area contributed by atoms with Crippen LogP contribution in [0.4, 0.5) is 0 Å². The van der Waals surface area contributed by atoms with E-state index >= 15 is 0 Å². The molecule has 1 saturated carbocycles. The number of nitriles is 1. The van der Waals surface area contributed by atoms with Crippen LogP contribution < -0.4 is 0 Å². The minimum absolute atomic E-state index is 0.134. The molecule has 132 valence electrons. The van der Waals surface area contributed by atoms with E-state index in [1.54, 1.807) is 0 Å². The van der Waals surface area contributed by atoms with Crippen molar-refractivity contribution in [3.63, 3.8) is 0 Å². The van der Waals surface area contributed by atoms with Crippen LogP contribution in [0.5, 0.6) is 0 Å². The molecule has 1 aliphatic heterocycles. The van der Waals surface area contributed by atoms with Crippen molar-refractivity contribution in [1.82, 2.24) is 4.90 Å². The molecular weight excluding hydrogens is 364 g/mol. The van der Waals surface area contributed by atoms with E-state index in [0.29, 0.717) is 12.8 Å². The zero-order valence-electron chi connectivity index (χ0n) is 15.0. The summed E-state index contributed by atoms with van der Waals surface area (Å²) in [6.45, 7) is 6.69. The van der Waals surface area contributed by atoms with Crippen LogP contribution >= 0.6 is 36.7 Å². The maximum Gasteiger partial charge on any atom is 0.101 e. The maximum atomic E-state index is 10.1. The molecule has 0 aromatic heterocycles. The van der Waals surface area contributed by atoms with Crippen molar-refractivity contribution >= 4 is 51.2 Å². The van der Waals surface area contributed by atoms with Gasteiger partial charge in [0.25, 0.3) is 0 Å². The lowest BCUT2D eigenvalue weighted by atomic mass is 9.78. The summed E-state index contributed by atoms with van der Waals surface area (Å²) in [6.07, 6.45) is 6.63. The van der Waals surface area contributed by atoms with Crippen LogP contribution in [0, 0.1) is 16.7 Å². The molecule has 3 aliphatic rings. The Morgan fingerprint density at radius 1 is 1.04 bits per heavy atom. The van der Waals surface area contributed by atoms with Crippen molar-refractivity contribution in [3.8, 4) is 6.07 Å². The first-order valence-electron chi connectivity index (χ1n) is 9.02. The maximum absolute atomic E-state index is 10.1. The van der Waals surface area contributed by atoms with Crippen molar-refractivity contribution in [3.05, 3.63) is 22.4 Å². The first-order chi connectivity index (χ1) is 11.8. The molecular formula is C20H24N2S3. The lowest BCUT2D eigenvalue weighted by Gasteiger charge is -2.27. The summed E-state index contributed by atoms with van der Waals surface area (Å²) >= 11 is 16.7. The highest BCUT2D eigenvalue weighted by molar-refractivity contribution is 7.84. The zero-order valence-corrected chi connectivity index (χ0v) is 17.4. The van der Waals surface area contributed by atoms with E-state index in [-0.39, 0.29) is 5.41 Å². The Morgan fingerprint density at radius 2 is 1.64 bits per heavy atom. The monoisotopic (exact) mass is 388 g/mol. The van der Waals surface area contributed by atoms with Crippen LogP contribution in [0.15, 0.2) is 22.4 Å². The Morgan fingerprint density at radius 3 is 2.20 bits per heavy atom. The molecule has 0 spiro atoms. The molecule has 0 atom stereocenters. The third kappa shape index (κ3) is 3.92. The highest BCUT2D eigenvalue weighted by Gasteiger charge is 2.34. The first kappa shape index (κ1) is 18.8. The van der Waals surface area contributed by atoms with Gasteiger partial charge in [-0.3, -0.25) is 0 Å². The van der Waals surface area contributed by atoms with Gasteiger partial charge in [-0.1, -0.05) is 50.5 Å². The molecule has 0 amide bonds. The Hall–Kier alpha value is -0.960. The van der Waals surface area contributed by atoms with Crippen molar-refractivity contribution in [1.29, 1.82) is 5.26 Å². The molecule has 2 nitrogen and oxygen atoms in total. The fourth-order valence-electron chi connectivity index (χ4n) is 4.15. The number of likely N-dealkylation sites (tertiary alicyclic amines) is 1. The van der Waals surface area contributed by atoms with Crippen LogP contribution in [0.1, 0.15) is 58.8 Å². The lowest BCUT2D eigenvalue weighted by Crippen LogP contribution is -2.26. The average Bonchev–Trinajstić information content (AvgIpc) is 2.99. The fourth-order valence-corrected chi connectivity index (χ4v) is 5.53. The molecule has 1 heterocycles. The van der Waals surface area contributed by atoms with Gasteiger partial charge in [-0.25, -0.2) is 0 Å². The van der Waals surface area contributed by atoms with Gasteiger partial charge < -0.3 is 4.90 Å². The van der Waals surface area contributed by atoms with Gasteiger partial charge in [-0.15, -0.1) is 0 Å². The Labute approximate surface area is 167 Å². The molecule has 0 radical (unpaired) electrons. The van der Waals surface area contributed by atoms with Crippen LogP contribution in [0.3, 0.4) is 0 Å². The largest absolute Gasteiger partial charge is 0.374 e. The van der Waals surface area contributed by atoms with Gasteiger partial charge in [-0.05, 0) is 43.1 Å². The van der Waals surface area contributed by atoms with Crippen LogP contribution in [0.2, 0.25) is 0 Å². The molecule has 3 rings (SSSR count). The summed E-state index contributed by atoms with van der Waals surface area (Å²) in [5, 5.41) is 10.1. The van der Waals surface area contributed by atoms with Crippen LogP contribution in [0.25, 0.3) is 0 Å². The number of nitrogens with zero attached hydrogens (tertiary/aromatic N) is 2. The third-order valence-corrected chi connectivity index (χ3v) is 6.44. The normalized spacial score (nSPS) is 24.7. The van der Waals surface area contributed by atoms with Gasteiger partial charge in [0, 0.05) is 51.8 Å². The quantitative estimate of drug-likeness (QED) is 0.450. The van der Waals surface area contributed by atoms with Crippen LogP contribution in [-0.2, 0) is 0 Å². The van der Waals surface area contributed by atoms with E-state index < -0.39 is 0 Å². The number of rotatable bonds is 1. The third-order valence-electron chi connectivity index (χ3n) is 5.46. The van der Waals surface area contributed by atoms with Gasteiger partial charge in [-0.2, -0.15) is 5.26 Å². The summed E-state index contributed by atoms with van der Waals surface area (Å²) < 4.78 is 0. The van der Waals surface area contributed by atoms with E-state index in [9.17, 15) is 5.26 Å². The smallest absolute Gasteiger partial charge is 0.101 e. The molecule has 2 fully saturated rings. The minimum atomic E-state index is 0.134. The second-order valence-corrected chi connectivity index (χ2v) is 9.62. The SMILES string of the molecule is CC1(C)CCC(N2CCCC2)=C(C#N)C(=C2C(=S)CC(=S)CC2=S)C1. The van der Waals surface area contributed by atoms with Gasteiger partial charge in [0.2, 0.25) is 0 Å². The molecule has 0 bridgehead atoms. The summed E-state index contributed by atoms with van der Waals surface area (Å²) in [5.74, 6) is 0. The number of hydrogen-bond acceptors (Lipinski definition) is 5. The minimum Gasteiger partial charge on any atom is -0.374 e. The lowest BCUT2D eigenvalue weighted by molar-refractivity contribution is 0.320. The van der Waals surface area contributed by atoms with Crippen molar-refractivity contribution < 1.29 is 0 Å². The topological polar surface area (TPSA) is 27.0 Å². The number of hydrogen-bond donors (Lipinski definition) is 0. The summed E-state index contributed by atoms with van der Waals surface area (Å²) in [4.78, 5) is 5.01. The predicted octanol–water partition coefficient (Wildman–Crippen LogP) is 5.27. The second kappa shape index (κ2) is 7.34. The van der Waals surface area contributed by atoms with Crippen molar-refractivity contribution in [2.24, 2.45) is 5.41 Å². The molecule has 0 aromatic carbocycles. The molecule has 0 N–H and O–H groups in total. The Balaban J connectivity index is 2.18. The first-order valence-corrected chi connectivity index (χ1v) is 10.2. The van der Waals surface area contributed by atoms with Gasteiger partial charge in [0.1, 0.15) is 6.07 Å². The molecule has 0 unspecified atom stereocenters. The predicted molar refractivity (Wildman–Crippen MR) is 115 cm³/mol.